The van der Waals surface area contributed by atoms with Gasteiger partial charge in [0, 0.05) is 13.6 Å². The molecule has 3 heteroatoms. The Bertz CT molecular complexity index is 310. The van der Waals surface area contributed by atoms with Gasteiger partial charge in [-0.3, -0.25) is 9.90 Å². The Hall–Kier alpha value is -0.960. The minimum Gasteiger partial charge on any atom is -0.384 e. The largest absolute Gasteiger partial charge is 0.384 e. The van der Waals surface area contributed by atoms with E-state index in [0.29, 0.717) is 5.92 Å². The standard InChI is InChI=1S/C16H30N2O/c1-5-7-11-17-15-13-14(3)9-10-16(15)18(4)19-12-8-6-2/h10,13-14,17H,5-9,11-12H2,1-4H3. The molecule has 1 aliphatic carbocycles. The monoisotopic (exact) mass is 266 g/mol. The van der Waals surface area contributed by atoms with Crippen molar-refractivity contribution in [1.29, 1.82) is 0 Å². The molecule has 0 spiro atoms. The van der Waals surface area contributed by atoms with Gasteiger partial charge in [-0.1, -0.05) is 45.8 Å². The normalized spacial score (nSPS) is 18.8. The lowest BCUT2D eigenvalue weighted by atomic mass is 9.99. The number of nitrogens with zero attached hydrogens (tertiary/aromatic N) is 1. The van der Waals surface area contributed by atoms with Crippen LogP contribution in [0.5, 0.6) is 0 Å². The van der Waals surface area contributed by atoms with Crippen molar-refractivity contribution in [3.8, 4) is 0 Å². The molecule has 0 aromatic rings. The highest BCUT2D eigenvalue weighted by Crippen LogP contribution is 2.23. The molecule has 0 bridgehead atoms. The number of hydrogen-bond donors (Lipinski definition) is 1. The maximum Gasteiger partial charge on any atom is 0.0821 e. The van der Waals surface area contributed by atoms with E-state index in [1.807, 2.05) is 12.1 Å². The van der Waals surface area contributed by atoms with Gasteiger partial charge >= 0.3 is 0 Å². The number of rotatable bonds is 9. The Balaban J connectivity index is 2.54. The third-order valence-corrected chi connectivity index (χ3v) is 3.38. The van der Waals surface area contributed by atoms with E-state index in [-0.39, 0.29) is 0 Å². The van der Waals surface area contributed by atoms with E-state index in [9.17, 15) is 0 Å². The molecule has 1 rings (SSSR count). The van der Waals surface area contributed by atoms with Crippen LogP contribution >= 0.6 is 0 Å². The van der Waals surface area contributed by atoms with E-state index >= 15 is 0 Å². The summed E-state index contributed by atoms with van der Waals surface area (Å²) in [4.78, 5) is 5.78. The van der Waals surface area contributed by atoms with Crippen LogP contribution in [0.3, 0.4) is 0 Å². The van der Waals surface area contributed by atoms with Gasteiger partial charge < -0.3 is 5.32 Å². The van der Waals surface area contributed by atoms with Crippen molar-refractivity contribution in [2.24, 2.45) is 5.92 Å². The third kappa shape index (κ3) is 5.68. The Labute approximate surface area is 118 Å². The van der Waals surface area contributed by atoms with Gasteiger partial charge in [-0.15, -0.1) is 0 Å². The molecule has 3 nitrogen and oxygen atoms in total. The zero-order valence-corrected chi connectivity index (χ0v) is 13.0. The van der Waals surface area contributed by atoms with Gasteiger partial charge in [0.1, 0.15) is 0 Å². The van der Waals surface area contributed by atoms with Crippen LogP contribution in [0.25, 0.3) is 0 Å². The minimum atomic E-state index is 0.608. The lowest BCUT2D eigenvalue weighted by molar-refractivity contribution is -0.111. The first-order chi connectivity index (χ1) is 9.19. The quantitative estimate of drug-likeness (QED) is 0.507. The number of nitrogens with one attached hydrogen (secondary N) is 1. The summed E-state index contributed by atoms with van der Waals surface area (Å²) in [5.74, 6) is 0.608. The summed E-state index contributed by atoms with van der Waals surface area (Å²) in [7, 11) is 2.01. The van der Waals surface area contributed by atoms with Crippen LogP contribution in [-0.4, -0.2) is 25.3 Å². The summed E-state index contributed by atoms with van der Waals surface area (Å²) < 4.78 is 0. The SMILES string of the molecule is CCCCNC1=CC(C)CC=C1N(C)OCCCC. The predicted molar refractivity (Wildman–Crippen MR) is 81.5 cm³/mol. The molecule has 110 valence electrons. The van der Waals surface area contributed by atoms with Gasteiger partial charge in [0.2, 0.25) is 0 Å². The zero-order valence-electron chi connectivity index (χ0n) is 13.0. The zero-order chi connectivity index (χ0) is 14.1. The topological polar surface area (TPSA) is 24.5 Å². The second-order valence-corrected chi connectivity index (χ2v) is 5.35. The second-order valence-electron chi connectivity index (χ2n) is 5.35. The number of hydrogen-bond acceptors (Lipinski definition) is 3. The fourth-order valence-electron chi connectivity index (χ4n) is 2.11. The maximum atomic E-state index is 5.78. The van der Waals surface area contributed by atoms with E-state index < -0.39 is 0 Å². The molecule has 0 aliphatic heterocycles. The molecule has 0 radical (unpaired) electrons. The summed E-state index contributed by atoms with van der Waals surface area (Å²) in [5.41, 5.74) is 2.41. The average molecular weight is 266 g/mol. The van der Waals surface area contributed by atoms with Crippen LogP contribution in [0.4, 0.5) is 0 Å². The van der Waals surface area contributed by atoms with E-state index in [0.717, 1.165) is 26.0 Å². The fourth-order valence-corrected chi connectivity index (χ4v) is 2.11. The maximum absolute atomic E-state index is 5.78. The molecule has 0 saturated carbocycles. The number of unbranched alkanes of at least 4 members (excludes halogenated alkanes) is 2. The molecule has 0 amide bonds. The number of likely N-dealkylation sites (N-methyl/N-ethyl adjacent to an activating group) is 1. The van der Waals surface area contributed by atoms with Gasteiger partial charge in [-0.05, 0) is 25.2 Å². The van der Waals surface area contributed by atoms with E-state index in [4.69, 9.17) is 4.84 Å². The second kappa shape index (κ2) is 9.03. The number of allylic oxidation sites excluding steroid dienone is 2. The van der Waals surface area contributed by atoms with Crippen molar-refractivity contribution >= 4 is 0 Å². The summed E-state index contributed by atoms with van der Waals surface area (Å²) in [6.07, 6.45) is 10.4. The van der Waals surface area contributed by atoms with Crippen molar-refractivity contribution in [2.45, 2.75) is 52.9 Å². The summed E-state index contributed by atoms with van der Waals surface area (Å²) in [6.45, 7) is 8.49. The van der Waals surface area contributed by atoms with Crippen molar-refractivity contribution in [2.75, 3.05) is 20.2 Å². The average Bonchev–Trinajstić information content (AvgIpc) is 2.39. The van der Waals surface area contributed by atoms with Crippen molar-refractivity contribution in [3.63, 3.8) is 0 Å². The fraction of sp³-hybridized carbons (Fsp3) is 0.750. The molecule has 1 unspecified atom stereocenters. The molecular weight excluding hydrogens is 236 g/mol. The van der Waals surface area contributed by atoms with E-state index in [1.165, 1.54) is 30.7 Å². The molecule has 19 heavy (non-hydrogen) atoms. The van der Waals surface area contributed by atoms with E-state index in [1.54, 1.807) is 0 Å². The molecule has 1 aliphatic rings. The van der Waals surface area contributed by atoms with Gasteiger partial charge in [0.25, 0.3) is 0 Å². The Morgan fingerprint density at radius 2 is 2.05 bits per heavy atom. The van der Waals surface area contributed by atoms with Crippen LogP contribution in [0.15, 0.2) is 23.5 Å². The first kappa shape index (κ1) is 16.1. The predicted octanol–water partition coefficient (Wildman–Crippen LogP) is 3.85. The molecule has 0 fully saturated rings. The van der Waals surface area contributed by atoms with Crippen molar-refractivity contribution in [3.05, 3.63) is 23.5 Å². The third-order valence-electron chi connectivity index (χ3n) is 3.38. The van der Waals surface area contributed by atoms with Gasteiger partial charge in [-0.2, -0.15) is 0 Å². The van der Waals surface area contributed by atoms with Crippen molar-refractivity contribution in [1.82, 2.24) is 10.4 Å². The molecule has 1 atom stereocenters. The lowest BCUT2D eigenvalue weighted by Gasteiger charge is -2.28. The van der Waals surface area contributed by atoms with E-state index in [2.05, 4.69) is 38.2 Å². The minimum absolute atomic E-state index is 0.608. The van der Waals surface area contributed by atoms with Crippen LogP contribution in [0.1, 0.15) is 52.9 Å². The highest BCUT2D eigenvalue weighted by Gasteiger charge is 2.16. The summed E-state index contributed by atoms with van der Waals surface area (Å²) >= 11 is 0. The summed E-state index contributed by atoms with van der Waals surface area (Å²) in [5, 5.41) is 5.47. The Morgan fingerprint density at radius 1 is 1.32 bits per heavy atom. The Morgan fingerprint density at radius 3 is 2.74 bits per heavy atom. The molecule has 0 heterocycles. The van der Waals surface area contributed by atoms with Crippen LogP contribution in [0, 0.1) is 5.92 Å². The first-order valence-corrected chi connectivity index (χ1v) is 7.71. The smallest absolute Gasteiger partial charge is 0.0821 e. The lowest BCUT2D eigenvalue weighted by Crippen LogP contribution is -2.28. The van der Waals surface area contributed by atoms with Gasteiger partial charge in [0.05, 0.1) is 18.0 Å². The van der Waals surface area contributed by atoms with Crippen LogP contribution < -0.4 is 5.32 Å². The molecule has 1 N–H and O–H groups in total. The summed E-state index contributed by atoms with van der Waals surface area (Å²) in [6, 6.07) is 0. The number of hydroxylamine groups is 2. The molecule has 0 aromatic heterocycles. The molecule has 0 saturated heterocycles. The van der Waals surface area contributed by atoms with Crippen LogP contribution in [-0.2, 0) is 4.84 Å². The van der Waals surface area contributed by atoms with Gasteiger partial charge in [-0.25, -0.2) is 0 Å². The van der Waals surface area contributed by atoms with Crippen LogP contribution in [0.2, 0.25) is 0 Å². The first-order valence-electron chi connectivity index (χ1n) is 7.71. The highest BCUT2D eigenvalue weighted by atomic mass is 16.7. The molecule has 0 aromatic carbocycles. The molecular formula is C16H30N2O. The highest BCUT2D eigenvalue weighted by molar-refractivity contribution is 5.31. The van der Waals surface area contributed by atoms with Gasteiger partial charge in [0.15, 0.2) is 0 Å². The Kier molecular flexibility index (Phi) is 7.65. The van der Waals surface area contributed by atoms with Crippen molar-refractivity contribution < 1.29 is 4.84 Å².